The number of nitrogens with zero attached hydrogens (tertiary/aromatic N) is 2. The van der Waals surface area contributed by atoms with Crippen molar-refractivity contribution in [1.82, 2.24) is 25.5 Å². The predicted octanol–water partition coefficient (Wildman–Crippen LogP) is 3.02. The molecule has 2 aromatic rings. The van der Waals surface area contributed by atoms with Crippen LogP contribution in [0.3, 0.4) is 0 Å². The topological polar surface area (TPSA) is 67.0 Å². The van der Waals surface area contributed by atoms with Crippen LogP contribution in [0.5, 0.6) is 0 Å². The summed E-state index contributed by atoms with van der Waals surface area (Å²) in [5.41, 5.74) is 1.21. The maximum absolute atomic E-state index is 5.54. The van der Waals surface area contributed by atoms with Crippen LogP contribution in [0.25, 0.3) is 0 Å². The minimum absolute atomic E-state index is 0.725. The number of hydrogen-bond acceptors (Lipinski definition) is 5. The summed E-state index contributed by atoms with van der Waals surface area (Å²) in [5, 5.41) is 9.97. The SMILES string of the molecule is CNC.Cc1ccc(CSCCNC(=S)NCCCn2c(C)cnc2C)o1. The molecule has 152 valence electrons. The van der Waals surface area contributed by atoms with Crippen molar-refractivity contribution in [2.75, 3.05) is 32.9 Å². The molecule has 0 saturated carbocycles. The highest BCUT2D eigenvalue weighted by atomic mass is 32.2. The number of hydrogen-bond donors (Lipinski definition) is 3. The lowest BCUT2D eigenvalue weighted by Crippen LogP contribution is -2.37. The van der Waals surface area contributed by atoms with E-state index in [1.165, 1.54) is 5.69 Å². The molecular formula is C19H33N5OS2. The average Bonchev–Trinajstić information content (AvgIpc) is 3.18. The van der Waals surface area contributed by atoms with Gasteiger partial charge in [-0.25, -0.2) is 4.98 Å². The number of nitrogens with one attached hydrogen (secondary N) is 3. The van der Waals surface area contributed by atoms with E-state index < -0.39 is 0 Å². The number of aryl methyl sites for hydroxylation is 3. The zero-order chi connectivity index (χ0) is 20.1. The first-order valence-corrected chi connectivity index (χ1v) is 10.8. The van der Waals surface area contributed by atoms with Crippen molar-refractivity contribution in [3.63, 3.8) is 0 Å². The largest absolute Gasteiger partial charge is 0.466 e. The summed E-state index contributed by atoms with van der Waals surface area (Å²) in [7, 11) is 3.75. The van der Waals surface area contributed by atoms with Crippen LogP contribution in [0.1, 0.15) is 29.5 Å². The lowest BCUT2D eigenvalue weighted by atomic mass is 10.4. The molecule has 2 aromatic heterocycles. The molecule has 8 heteroatoms. The van der Waals surface area contributed by atoms with Crippen molar-refractivity contribution in [2.45, 2.75) is 39.5 Å². The van der Waals surface area contributed by atoms with Crippen LogP contribution in [0, 0.1) is 20.8 Å². The highest BCUT2D eigenvalue weighted by Gasteiger charge is 2.02. The van der Waals surface area contributed by atoms with E-state index >= 15 is 0 Å². The fraction of sp³-hybridized carbons (Fsp3) is 0.579. The lowest BCUT2D eigenvalue weighted by molar-refractivity contribution is 0.501. The Labute approximate surface area is 172 Å². The second-order valence-electron chi connectivity index (χ2n) is 6.20. The molecule has 0 aliphatic carbocycles. The maximum atomic E-state index is 5.54. The summed E-state index contributed by atoms with van der Waals surface area (Å²) in [6.45, 7) is 8.77. The average molecular weight is 412 g/mol. The monoisotopic (exact) mass is 411 g/mol. The second-order valence-corrected chi connectivity index (χ2v) is 7.71. The molecule has 0 fully saturated rings. The van der Waals surface area contributed by atoms with Crippen LogP contribution >= 0.6 is 24.0 Å². The summed E-state index contributed by atoms with van der Waals surface area (Å²) in [5.74, 6) is 4.96. The molecule has 0 radical (unpaired) electrons. The van der Waals surface area contributed by atoms with Crippen molar-refractivity contribution in [3.05, 3.63) is 41.4 Å². The lowest BCUT2D eigenvalue weighted by Gasteiger charge is -2.11. The van der Waals surface area contributed by atoms with E-state index in [4.69, 9.17) is 16.6 Å². The molecule has 27 heavy (non-hydrogen) atoms. The zero-order valence-corrected chi connectivity index (χ0v) is 18.7. The van der Waals surface area contributed by atoms with Gasteiger partial charge in [-0.1, -0.05) is 0 Å². The second kappa shape index (κ2) is 13.6. The molecule has 0 atom stereocenters. The molecule has 2 heterocycles. The number of thioether (sulfide) groups is 1. The number of thiocarbonyl (C=S) groups is 1. The highest BCUT2D eigenvalue weighted by Crippen LogP contribution is 2.14. The van der Waals surface area contributed by atoms with Crippen LogP contribution in [-0.4, -0.2) is 47.6 Å². The van der Waals surface area contributed by atoms with Crippen molar-refractivity contribution < 1.29 is 4.42 Å². The van der Waals surface area contributed by atoms with Crippen molar-refractivity contribution >= 4 is 29.1 Å². The van der Waals surface area contributed by atoms with Gasteiger partial charge in [0.25, 0.3) is 0 Å². The summed E-state index contributed by atoms with van der Waals surface area (Å²) in [6.07, 6.45) is 2.93. The van der Waals surface area contributed by atoms with Gasteiger partial charge in [0.15, 0.2) is 5.11 Å². The van der Waals surface area contributed by atoms with Gasteiger partial charge >= 0.3 is 0 Å². The van der Waals surface area contributed by atoms with E-state index in [9.17, 15) is 0 Å². The number of rotatable bonds is 9. The molecule has 0 aliphatic heterocycles. The van der Waals surface area contributed by atoms with E-state index in [2.05, 4.69) is 32.4 Å². The normalized spacial score (nSPS) is 10.3. The smallest absolute Gasteiger partial charge is 0.166 e. The summed E-state index contributed by atoms with van der Waals surface area (Å²) < 4.78 is 7.77. The maximum Gasteiger partial charge on any atom is 0.166 e. The van der Waals surface area contributed by atoms with E-state index in [0.29, 0.717) is 0 Å². The standard InChI is InChI=1S/C17H26N4OS2.C2H7N/c1-13-11-20-15(3)21(13)9-4-7-18-17(23)19-8-10-24-12-16-6-5-14(2)22-16;1-3-2/h5-6,11H,4,7-10,12H2,1-3H3,(H2,18,19,23);3H,1-2H3. The van der Waals surface area contributed by atoms with E-state index in [1.807, 2.05) is 58.0 Å². The molecule has 0 spiro atoms. The predicted molar refractivity (Wildman–Crippen MR) is 120 cm³/mol. The molecule has 0 aliphatic rings. The molecule has 0 unspecified atom stereocenters. The van der Waals surface area contributed by atoms with Crippen molar-refractivity contribution in [1.29, 1.82) is 0 Å². The van der Waals surface area contributed by atoms with Gasteiger partial charge in [0, 0.05) is 37.3 Å². The van der Waals surface area contributed by atoms with Crippen molar-refractivity contribution in [2.24, 2.45) is 0 Å². The van der Waals surface area contributed by atoms with E-state index in [1.54, 1.807) is 0 Å². The van der Waals surface area contributed by atoms with Gasteiger partial charge in [-0.15, -0.1) is 0 Å². The summed E-state index contributed by atoms with van der Waals surface area (Å²) in [6, 6.07) is 4.03. The fourth-order valence-corrected chi connectivity index (χ4v) is 3.34. The van der Waals surface area contributed by atoms with Gasteiger partial charge in [-0.3, -0.25) is 0 Å². The Morgan fingerprint density at radius 2 is 1.89 bits per heavy atom. The Bertz CT molecular complexity index is 649. The molecule has 6 nitrogen and oxygen atoms in total. The summed E-state index contributed by atoms with van der Waals surface area (Å²) >= 11 is 7.13. The van der Waals surface area contributed by atoms with Crippen LogP contribution in [0.15, 0.2) is 22.7 Å². The molecule has 3 N–H and O–H groups in total. The Balaban J connectivity index is 0.00000114. The van der Waals surface area contributed by atoms with E-state index in [-0.39, 0.29) is 0 Å². The van der Waals surface area contributed by atoms with Gasteiger partial charge in [-0.05, 0) is 65.6 Å². The van der Waals surface area contributed by atoms with Gasteiger partial charge in [0.05, 0.1) is 5.75 Å². The molecule has 0 amide bonds. The Morgan fingerprint density at radius 1 is 1.19 bits per heavy atom. The molecule has 0 bridgehead atoms. The van der Waals surface area contributed by atoms with Gasteiger partial charge in [-0.2, -0.15) is 11.8 Å². The van der Waals surface area contributed by atoms with Crippen LogP contribution in [-0.2, 0) is 12.3 Å². The minimum Gasteiger partial charge on any atom is -0.466 e. The van der Waals surface area contributed by atoms with Crippen LogP contribution in [0.4, 0.5) is 0 Å². The minimum atomic E-state index is 0.725. The third-order valence-electron chi connectivity index (χ3n) is 3.67. The third kappa shape index (κ3) is 9.83. The molecule has 0 aromatic carbocycles. The van der Waals surface area contributed by atoms with Gasteiger partial charge in [0.2, 0.25) is 0 Å². The molecular weight excluding hydrogens is 378 g/mol. The highest BCUT2D eigenvalue weighted by molar-refractivity contribution is 7.98. The zero-order valence-electron chi connectivity index (χ0n) is 17.1. The third-order valence-corrected chi connectivity index (χ3v) is 4.94. The first-order chi connectivity index (χ1) is 13.0. The summed E-state index contributed by atoms with van der Waals surface area (Å²) in [4.78, 5) is 4.31. The van der Waals surface area contributed by atoms with Gasteiger partial charge < -0.3 is 24.9 Å². The van der Waals surface area contributed by atoms with Crippen molar-refractivity contribution in [3.8, 4) is 0 Å². The Hall–Kier alpha value is -1.51. The first kappa shape index (κ1) is 23.5. The van der Waals surface area contributed by atoms with E-state index in [0.717, 1.165) is 60.0 Å². The molecule has 2 rings (SSSR count). The Morgan fingerprint density at radius 3 is 2.48 bits per heavy atom. The first-order valence-electron chi connectivity index (χ1n) is 9.19. The number of aromatic nitrogens is 2. The molecule has 0 saturated heterocycles. The Kier molecular flexibility index (Phi) is 11.9. The van der Waals surface area contributed by atoms with Gasteiger partial charge in [0.1, 0.15) is 17.3 Å². The fourth-order valence-electron chi connectivity index (χ4n) is 2.39. The number of furan rings is 1. The van der Waals surface area contributed by atoms with Crippen LogP contribution < -0.4 is 16.0 Å². The van der Waals surface area contributed by atoms with Crippen LogP contribution in [0.2, 0.25) is 0 Å². The number of imidazole rings is 1. The quantitative estimate of drug-likeness (QED) is 0.433.